The molecule has 0 radical (unpaired) electrons. The molecule has 0 unspecified atom stereocenters. The van der Waals surface area contributed by atoms with Crippen molar-refractivity contribution in [1.82, 2.24) is 10.2 Å². The molecule has 3 nitrogen and oxygen atoms in total. The highest BCUT2D eigenvalue weighted by molar-refractivity contribution is 7.99. The number of anilines is 1. The number of aryl methyl sites for hydroxylation is 1. The van der Waals surface area contributed by atoms with Gasteiger partial charge in [0.15, 0.2) is 0 Å². The minimum absolute atomic E-state index is 0.575. The van der Waals surface area contributed by atoms with Gasteiger partial charge in [-0.2, -0.15) is 11.8 Å². The molecule has 1 aromatic rings. The molecule has 12 heavy (non-hydrogen) atoms. The second kappa shape index (κ2) is 5.37. The summed E-state index contributed by atoms with van der Waals surface area (Å²) in [7, 11) is 0. The molecule has 1 aromatic heterocycles. The van der Waals surface area contributed by atoms with E-state index in [0.29, 0.717) is 5.13 Å². The molecule has 2 N–H and O–H groups in total. The number of nitrogens with two attached hydrogens (primary N) is 1. The summed E-state index contributed by atoms with van der Waals surface area (Å²) in [5, 5.41) is 9.32. The summed E-state index contributed by atoms with van der Waals surface area (Å²) >= 11 is 3.44. The van der Waals surface area contributed by atoms with Crippen LogP contribution in [0.25, 0.3) is 0 Å². The van der Waals surface area contributed by atoms with Gasteiger partial charge >= 0.3 is 0 Å². The summed E-state index contributed by atoms with van der Waals surface area (Å²) in [5.41, 5.74) is 5.45. The average Bonchev–Trinajstić information content (AvgIpc) is 2.45. The molecule has 0 aliphatic carbocycles. The van der Waals surface area contributed by atoms with Crippen molar-refractivity contribution in [3.05, 3.63) is 5.01 Å². The van der Waals surface area contributed by atoms with E-state index in [1.54, 1.807) is 0 Å². The number of nitrogen functional groups attached to an aromatic ring is 1. The van der Waals surface area contributed by atoms with Gasteiger partial charge in [-0.3, -0.25) is 0 Å². The fourth-order valence-electron chi connectivity index (χ4n) is 0.773. The predicted octanol–water partition coefficient (Wildman–Crippen LogP) is 1.81. The van der Waals surface area contributed by atoms with Gasteiger partial charge in [0.25, 0.3) is 0 Å². The van der Waals surface area contributed by atoms with Crippen LogP contribution in [0.2, 0.25) is 0 Å². The van der Waals surface area contributed by atoms with Gasteiger partial charge in [-0.1, -0.05) is 18.3 Å². The molecular weight excluding hydrogens is 190 g/mol. The SMILES string of the molecule is CCCSCCc1nnc(N)s1. The predicted molar refractivity (Wildman–Crippen MR) is 55.6 cm³/mol. The normalized spacial score (nSPS) is 10.4. The van der Waals surface area contributed by atoms with E-state index in [4.69, 9.17) is 5.73 Å². The van der Waals surface area contributed by atoms with Crippen LogP contribution < -0.4 is 5.73 Å². The molecule has 0 aliphatic heterocycles. The van der Waals surface area contributed by atoms with Crippen LogP contribution in [0.1, 0.15) is 18.4 Å². The average molecular weight is 203 g/mol. The monoisotopic (exact) mass is 203 g/mol. The Kier molecular flexibility index (Phi) is 4.39. The van der Waals surface area contributed by atoms with Gasteiger partial charge in [0.1, 0.15) is 5.01 Å². The zero-order valence-electron chi connectivity index (χ0n) is 7.12. The summed E-state index contributed by atoms with van der Waals surface area (Å²) in [6.07, 6.45) is 2.24. The summed E-state index contributed by atoms with van der Waals surface area (Å²) in [6, 6.07) is 0. The molecule has 0 atom stereocenters. The molecule has 1 heterocycles. The van der Waals surface area contributed by atoms with Crippen molar-refractivity contribution in [3.63, 3.8) is 0 Å². The highest BCUT2D eigenvalue weighted by Gasteiger charge is 1.99. The third kappa shape index (κ3) is 3.40. The lowest BCUT2D eigenvalue weighted by molar-refractivity contribution is 0.991. The zero-order chi connectivity index (χ0) is 8.81. The molecule has 0 saturated carbocycles. The van der Waals surface area contributed by atoms with Gasteiger partial charge in [-0.05, 0) is 17.9 Å². The third-order valence-electron chi connectivity index (χ3n) is 1.29. The highest BCUT2D eigenvalue weighted by atomic mass is 32.2. The minimum Gasteiger partial charge on any atom is -0.374 e. The van der Waals surface area contributed by atoms with E-state index in [-0.39, 0.29) is 0 Å². The van der Waals surface area contributed by atoms with E-state index in [1.165, 1.54) is 23.5 Å². The van der Waals surface area contributed by atoms with Gasteiger partial charge in [-0.15, -0.1) is 10.2 Å². The third-order valence-corrected chi connectivity index (χ3v) is 3.29. The van der Waals surface area contributed by atoms with Gasteiger partial charge in [-0.25, -0.2) is 0 Å². The van der Waals surface area contributed by atoms with Crippen LogP contribution in [0, 0.1) is 0 Å². The van der Waals surface area contributed by atoms with E-state index in [1.807, 2.05) is 11.8 Å². The second-order valence-electron chi connectivity index (χ2n) is 2.40. The molecule has 0 amide bonds. The van der Waals surface area contributed by atoms with Crippen LogP contribution >= 0.6 is 23.1 Å². The van der Waals surface area contributed by atoms with Crippen LogP contribution in [0.4, 0.5) is 5.13 Å². The maximum atomic E-state index is 5.45. The van der Waals surface area contributed by atoms with Crippen LogP contribution in [-0.2, 0) is 6.42 Å². The van der Waals surface area contributed by atoms with Crippen molar-refractivity contribution in [2.75, 3.05) is 17.2 Å². The maximum Gasteiger partial charge on any atom is 0.203 e. The quantitative estimate of drug-likeness (QED) is 0.741. The van der Waals surface area contributed by atoms with Crippen LogP contribution in [-0.4, -0.2) is 21.7 Å². The first-order valence-corrected chi connectivity index (χ1v) is 5.95. The molecule has 68 valence electrons. The second-order valence-corrected chi connectivity index (χ2v) is 4.71. The lowest BCUT2D eigenvalue weighted by Crippen LogP contribution is -1.88. The fourth-order valence-corrected chi connectivity index (χ4v) is 2.34. The summed E-state index contributed by atoms with van der Waals surface area (Å²) in [4.78, 5) is 0. The number of hydrogen-bond donors (Lipinski definition) is 1. The number of aromatic nitrogens is 2. The molecule has 0 fully saturated rings. The Bertz CT molecular complexity index is 224. The lowest BCUT2D eigenvalue weighted by atomic mass is 10.5. The molecule has 0 aromatic carbocycles. The molecule has 0 bridgehead atoms. The molecule has 1 rings (SSSR count). The molecule has 5 heteroatoms. The van der Waals surface area contributed by atoms with Gasteiger partial charge < -0.3 is 5.73 Å². The van der Waals surface area contributed by atoms with Crippen molar-refractivity contribution in [3.8, 4) is 0 Å². The lowest BCUT2D eigenvalue weighted by Gasteiger charge is -1.94. The van der Waals surface area contributed by atoms with E-state index in [0.717, 1.165) is 17.2 Å². The smallest absolute Gasteiger partial charge is 0.203 e. The minimum atomic E-state index is 0.575. The van der Waals surface area contributed by atoms with E-state index < -0.39 is 0 Å². The standard InChI is InChI=1S/C7H13N3S2/c1-2-4-11-5-3-6-9-10-7(8)12-6/h2-5H2,1H3,(H2,8,10). The van der Waals surface area contributed by atoms with Crippen molar-refractivity contribution in [2.24, 2.45) is 0 Å². The highest BCUT2D eigenvalue weighted by Crippen LogP contribution is 2.13. The van der Waals surface area contributed by atoms with Gasteiger partial charge in [0, 0.05) is 6.42 Å². The van der Waals surface area contributed by atoms with E-state index in [2.05, 4.69) is 17.1 Å². The van der Waals surface area contributed by atoms with Gasteiger partial charge in [0.2, 0.25) is 5.13 Å². The summed E-state index contributed by atoms with van der Waals surface area (Å²) in [6.45, 7) is 2.19. The Morgan fingerprint density at radius 2 is 2.25 bits per heavy atom. The summed E-state index contributed by atoms with van der Waals surface area (Å²) < 4.78 is 0. The van der Waals surface area contributed by atoms with Crippen molar-refractivity contribution < 1.29 is 0 Å². The number of thioether (sulfide) groups is 1. The Labute approximate surface area is 80.8 Å². The number of hydrogen-bond acceptors (Lipinski definition) is 5. The van der Waals surface area contributed by atoms with E-state index in [9.17, 15) is 0 Å². The topological polar surface area (TPSA) is 51.8 Å². The maximum absolute atomic E-state index is 5.45. The Balaban J connectivity index is 2.15. The Hall–Kier alpha value is -0.290. The van der Waals surface area contributed by atoms with Crippen LogP contribution in [0.15, 0.2) is 0 Å². The number of nitrogens with zero attached hydrogens (tertiary/aromatic N) is 2. The van der Waals surface area contributed by atoms with Crippen LogP contribution in [0.5, 0.6) is 0 Å². The molecular formula is C7H13N3S2. The first-order valence-electron chi connectivity index (χ1n) is 3.98. The van der Waals surface area contributed by atoms with Gasteiger partial charge in [0.05, 0.1) is 0 Å². The molecule has 0 aliphatic rings. The molecule has 0 saturated heterocycles. The summed E-state index contributed by atoms with van der Waals surface area (Å²) in [5.74, 6) is 2.36. The largest absolute Gasteiger partial charge is 0.374 e. The fraction of sp³-hybridized carbons (Fsp3) is 0.714. The van der Waals surface area contributed by atoms with Crippen molar-refractivity contribution in [2.45, 2.75) is 19.8 Å². The van der Waals surface area contributed by atoms with Crippen molar-refractivity contribution >= 4 is 28.2 Å². The number of rotatable bonds is 5. The first kappa shape index (κ1) is 9.80. The Morgan fingerprint density at radius 3 is 2.83 bits per heavy atom. The van der Waals surface area contributed by atoms with Crippen LogP contribution in [0.3, 0.4) is 0 Å². The Morgan fingerprint density at radius 1 is 1.42 bits per heavy atom. The first-order chi connectivity index (χ1) is 5.83. The van der Waals surface area contributed by atoms with E-state index >= 15 is 0 Å². The molecule has 0 spiro atoms. The zero-order valence-corrected chi connectivity index (χ0v) is 8.75. The van der Waals surface area contributed by atoms with Crippen molar-refractivity contribution in [1.29, 1.82) is 0 Å².